The van der Waals surface area contributed by atoms with Crippen molar-refractivity contribution >= 4 is 51.0 Å². The number of hydrogen-bond donors (Lipinski definition) is 0. The minimum atomic E-state index is -1.16. The van der Waals surface area contributed by atoms with Gasteiger partial charge in [0, 0.05) is 11.4 Å². The molecule has 9 heteroatoms. The number of amides is 3. The van der Waals surface area contributed by atoms with Crippen molar-refractivity contribution in [2.45, 2.75) is 13.0 Å². The molecule has 1 fully saturated rings. The minimum absolute atomic E-state index is 0.242. The number of methoxy groups -OCH3 is 1. The van der Waals surface area contributed by atoms with E-state index in [2.05, 4.69) is 25.8 Å². The summed E-state index contributed by atoms with van der Waals surface area (Å²) in [4.78, 5) is 50.2. The van der Waals surface area contributed by atoms with Crippen molar-refractivity contribution in [3.63, 3.8) is 0 Å². The van der Waals surface area contributed by atoms with Gasteiger partial charge in [-0.1, -0.05) is 22.0 Å². The van der Waals surface area contributed by atoms with Crippen LogP contribution in [0.4, 0.5) is 5.69 Å². The summed E-state index contributed by atoms with van der Waals surface area (Å²) in [7, 11) is 1.14. The molecule has 1 aromatic rings. The topological polar surface area (TPSA) is 96.3 Å². The number of anilines is 1. The Hall–Kier alpha value is -2.55. The average Bonchev–Trinajstić information content (AvgIpc) is 3.05. The number of fused-ring (bicyclic) bond motifs is 1. The Morgan fingerprint density at radius 3 is 2.54 bits per heavy atom. The van der Waals surface area contributed by atoms with Crippen LogP contribution in [0.2, 0.25) is 0 Å². The molecule has 2 atom stereocenters. The lowest BCUT2D eigenvalue weighted by atomic mass is 9.98. The van der Waals surface area contributed by atoms with E-state index in [1.165, 1.54) is 6.92 Å². The molecule has 0 N–H and O–H groups in total. The molecule has 2 aliphatic heterocycles. The van der Waals surface area contributed by atoms with Crippen LogP contribution in [-0.4, -0.2) is 47.6 Å². The molecule has 2 aliphatic rings. The van der Waals surface area contributed by atoms with E-state index in [-0.39, 0.29) is 5.71 Å². The first-order valence-corrected chi connectivity index (χ1v) is 7.76. The summed E-state index contributed by atoms with van der Waals surface area (Å²) in [6.07, 6.45) is 0. The first kappa shape index (κ1) is 16.3. The number of benzene rings is 1. The lowest BCUT2D eigenvalue weighted by Gasteiger charge is -2.19. The van der Waals surface area contributed by atoms with Crippen molar-refractivity contribution in [2.24, 2.45) is 11.0 Å². The van der Waals surface area contributed by atoms with Gasteiger partial charge in [0.2, 0.25) is 11.8 Å². The number of carbonyl (C=O) groups is 4. The second kappa shape index (κ2) is 5.82. The minimum Gasteiger partial charge on any atom is -0.464 e. The van der Waals surface area contributed by atoms with Crippen molar-refractivity contribution in [2.75, 3.05) is 12.0 Å². The maximum atomic E-state index is 12.8. The number of nitrogens with zero attached hydrogens (tertiary/aromatic N) is 3. The molecule has 0 saturated carbocycles. The van der Waals surface area contributed by atoms with Crippen LogP contribution in [-0.2, 0) is 23.9 Å². The second-order valence-corrected chi connectivity index (χ2v) is 6.17. The number of carbonyl (C=O) groups excluding carboxylic acids is 4. The zero-order valence-electron chi connectivity index (χ0n) is 12.7. The molecule has 0 radical (unpaired) electrons. The third-order valence-electron chi connectivity index (χ3n) is 3.83. The molecule has 0 aliphatic carbocycles. The molecule has 0 unspecified atom stereocenters. The average molecular weight is 394 g/mol. The van der Waals surface area contributed by atoms with E-state index in [9.17, 15) is 19.2 Å². The normalized spacial score (nSPS) is 22.5. The van der Waals surface area contributed by atoms with Crippen LogP contribution in [0.1, 0.15) is 6.92 Å². The van der Waals surface area contributed by atoms with Crippen LogP contribution in [0.15, 0.2) is 33.8 Å². The summed E-state index contributed by atoms with van der Waals surface area (Å²) in [6, 6.07) is 5.45. The van der Waals surface area contributed by atoms with Gasteiger partial charge in [-0.3, -0.25) is 14.4 Å². The Balaban J connectivity index is 2.07. The summed E-state index contributed by atoms with van der Waals surface area (Å²) in [6.45, 7) is 1.21. The van der Waals surface area contributed by atoms with Gasteiger partial charge in [-0.2, -0.15) is 5.10 Å². The molecule has 2 heterocycles. The van der Waals surface area contributed by atoms with E-state index in [1.807, 2.05) is 0 Å². The predicted octanol–water partition coefficient (Wildman–Crippen LogP) is 0.698. The van der Waals surface area contributed by atoms with Gasteiger partial charge >= 0.3 is 5.97 Å². The maximum Gasteiger partial charge on any atom is 0.355 e. The standard InChI is InChI=1S/C15H12BrN3O5/c1-7(20)19-12-10(11(17-19)15(23)24-2)13(21)18(14(12)22)9-5-3-4-8(16)6-9/h3-6,10,12H,1-2H3/t10-,12+/m0/s1. The summed E-state index contributed by atoms with van der Waals surface area (Å²) in [5, 5.41) is 4.71. The Kier molecular flexibility index (Phi) is 3.96. The molecule has 1 saturated heterocycles. The SMILES string of the molecule is COC(=O)C1=NN(C(C)=O)[C@H]2C(=O)N(c3cccc(Br)c3)C(=O)[C@@H]12. The molecular weight excluding hydrogens is 382 g/mol. The zero-order valence-corrected chi connectivity index (χ0v) is 14.3. The fourth-order valence-corrected chi connectivity index (χ4v) is 3.21. The zero-order chi connectivity index (χ0) is 17.6. The Morgan fingerprint density at radius 2 is 1.96 bits per heavy atom. The fraction of sp³-hybridized carbons (Fsp3) is 0.267. The van der Waals surface area contributed by atoms with Crippen LogP contribution in [0, 0.1) is 5.92 Å². The van der Waals surface area contributed by atoms with Crippen molar-refractivity contribution < 1.29 is 23.9 Å². The smallest absolute Gasteiger partial charge is 0.355 e. The van der Waals surface area contributed by atoms with Gasteiger partial charge in [0.05, 0.1) is 12.8 Å². The van der Waals surface area contributed by atoms with Crippen LogP contribution >= 0.6 is 15.9 Å². The number of hydrogen-bond acceptors (Lipinski definition) is 6. The maximum absolute atomic E-state index is 12.8. The van der Waals surface area contributed by atoms with Gasteiger partial charge in [-0.25, -0.2) is 14.7 Å². The molecular formula is C15H12BrN3O5. The van der Waals surface area contributed by atoms with E-state index < -0.39 is 35.7 Å². The molecule has 0 bridgehead atoms. The van der Waals surface area contributed by atoms with Crippen molar-refractivity contribution in [3.05, 3.63) is 28.7 Å². The van der Waals surface area contributed by atoms with Gasteiger partial charge in [0.15, 0.2) is 11.8 Å². The van der Waals surface area contributed by atoms with E-state index in [1.54, 1.807) is 24.3 Å². The fourth-order valence-electron chi connectivity index (χ4n) is 2.82. The third kappa shape index (κ3) is 2.32. The number of halogens is 1. The third-order valence-corrected chi connectivity index (χ3v) is 4.33. The van der Waals surface area contributed by atoms with Crippen LogP contribution in [0.3, 0.4) is 0 Å². The molecule has 8 nitrogen and oxygen atoms in total. The Morgan fingerprint density at radius 1 is 1.25 bits per heavy atom. The second-order valence-electron chi connectivity index (χ2n) is 5.25. The molecule has 0 spiro atoms. The lowest BCUT2D eigenvalue weighted by Crippen LogP contribution is -2.41. The molecule has 3 rings (SSSR count). The van der Waals surface area contributed by atoms with Crippen LogP contribution in [0.25, 0.3) is 0 Å². The number of rotatable bonds is 2. The highest BCUT2D eigenvalue weighted by molar-refractivity contribution is 9.10. The van der Waals surface area contributed by atoms with Crippen LogP contribution < -0.4 is 4.90 Å². The highest BCUT2D eigenvalue weighted by Gasteiger charge is 2.59. The molecule has 1 aromatic carbocycles. The summed E-state index contributed by atoms with van der Waals surface area (Å²) >= 11 is 3.28. The predicted molar refractivity (Wildman–Crippen MR) is 85.9 cm³/mol. The van der Waals surface area contributed by atoms with Crippen LogP contribution in [0.5, 0.6) is 0 Å². The van der Waals surface area contributed by atoms with E-state index in [4.69, 9.17) is 0 Å². The van der Waals surface area contributed by atoms with Gasteiger partial charge < -0.3 is 4.74 Å². The van der Waals surface area contributed by atoms with Gasteiger partial charge in [0.25, 0.3) is 5.91 Å². The largest absolute Gasteiger partial charge is 0.464 e. The summed E-state index contributed by atoms with van der Waals surface area (Å²) in [5.41, 5.74) is 0.107. The summed E-state index contributed by atoms with van der Waals surface area (Å²) in [5.74, 6) is -3.77. The van der Waals surface area contributed by atoms with E-state index in [0.717, 1.165) is 17.0 Å². The first-order valence-electron chi connectivity index (χ1n) is 6.96. The van der Waals surface area contributed by atoms with Gasteiger partial charge in [0.1, 0.15) is 5.92 Å². The molecule has 3 amide bonds. The van der Waals surface area contributed by atoms with Crippen molar-refractivity contribution in [3.8, 4) is 0 Å². The quantitative estimate of drug-likeness (QED) is 0.544. The highest BCUT2D eigenvalue weighted by atomic mass is 79.9. The monoisotopic (exact) mass is 393 g/mol. The number of esters is 1. The molecule has 24 heavy (non-hydrogen) atoms. The van der Waals surface area contributed by atoms with Gasteiger partial charge in [-0.15, -0.1) is 0 Å². The van der Waals surface area contributed by atoms with Gasteiger partial charge in [-0.05, 0) is 18.2 Å². The number of imide groups is 1. The Bertz CT molecular complexity index is 806. The summed E-state index contributed by atoms with van der Waals surface area (Å²) < 4.78 is 5.30. The van der Waals surface area contributed by atoms with Crippen molar-refractivity contribution in [1.82, 2.24) is 5.01 Å². The highest BCUT2D eigenvalue weighted by Crippen LogP contribution is 2.36. The van der Waals surface area contributed by atoms with E-state index in [0.29, 0.717) is 10.2 Å². The van der Waals surface area contributed by atoms with E-state index >= 15 is 0 Å². The lowest BCUT2D eigenvalue weighted by molar-refractivity contribution is -0.136. The Labute approximate surface area is 145 Å². The first-order chi connectivity index (χ1) is 11.4. The number of ether oxygens (including phenoxy) is 1. The number of hydrazone groups is 1. The van der Waals surface area contributed by atoms with Crippen molar-refractivity contribution in [1.29, 1.82) is 0 Å². The molecule has 0 aromatic heterocycles. The molecule has 124 valence electrons.